The highest BCUT2D eigenvalue weighted by molar-refractivity contribution is 7.08. The van der Waals surface area contributed by atoms with E-state index in [1.165, 1.54) is 0 Å². The summed E-state index contributed by atoms with van der Waals surface area (Å²) in [7, 11) is 3.21. The van der Waals surface area contributed by atoms with Crippen LogP contribution in [0.15, 0.2) is 18.2 Å². The smallest absolute Gasteiger partial charge is 0.265 e. The minimum absolute atomic E-state index is 0.168. The number of nitrogens with one attached hydrogen (secondary N) is 1. The summed E-state index contributed by atoms with van der Waals surface area (Å²) in [4.78, 5) is 13.0. The van der Waals surface area contributed by atoms with E-state index in [0.29, 0.717) is 41.7 Å². The Morgan fingerprint density at radius 2 is 2.08 bits per heavy atom. The Labute approximate surface area is 151 Å². The molecule has 136 valence electrons. The summed E-state index contributed by atoms with van der Waals surface area (Å²) in [5.74, 6) is 1.09. The SMILES string of the molecule is CCc1nnsc1C(=O)NC(C)c1ccc(OCCOC)c(OC)c1. The van der Waals surface area contributed by atoms with E-state index in [1.54, 1.807) is 14.2 Å². The molecular formula is C17H23N3O4S. The van der Waals surface area contributed by atoms with E-state index in [1.807, 2.05) is 32.0 Å². The standard InChI is InChI=1S/C17H23N3O4S/c1-5-13-16(25-20-19-13)17(21)18-11(2)12-6-7-14(15(10-12)23-4)24-9-8-22-3/h6-7,10-11H,5,8-9H2,1-4H3,(H,18,21). The van der Waals surface area contributed by atoms with Crippen molar-refractivity contribution in [2.24, 2.45) is 0 Å². The largest absolute Gasteiger partial charge is 0.493 e. The highest BCUT2D eigenvalue weighted by atomic mass is 32.1. The minimum Gasteiger partial charge on any atom is -0.493 e. The number of carbonyl (C=O) groups excluding carboxylic acids is 1. The molecule has 7 nitrogen and oxygen atoms in total. The number of hydrogen-bond donors (Lipinski definition) is 1. The lowest BCUT2D eigenvalue weighted by Gasteiger charge is -2.17. The van der Waals surface area contributed by atoms with E-state index < -0.39 is 0 Å². The molecule has 0 bridgehead atoms. The summed E-state index contributed by atoms with van der Waals surface area (Å²) in [6, 6.07) is 5.40. The molecule has 1 N–H and O–H groups in total. The van der Waals surface area contributed by atoms with Crippen LogP contribution >= 0.6 is 11.5 Å². The molecule has 0 fully saturated rings. The summed E-state index contributed by atoms with van der Waals surface area (Å²) >= 11 is 1.11. The molecule has 1 heterocycles. The number of carbonyl (C=O) groups is 1. The highest BCUT2D eigenvalue weighted by Gasteiger charge is 2.18. The zero-order chi connectivity index (χ0) is 18.2. The van der Waals surface area contributed by atoms with E-state index in [2.05, 4.69) is 14.9 Å². The number of methoxy groups -OCH3 is 2. The number of rotatable bonds is 9. The Morgan fingerprint density at radius 3 is 2.76 bits per heavy atom. The van der Waals surface area contributed by atoms with Crippen LogP contribution < -0.4 is 14.8 Å². The lowest BCUT2D eigenvalue weighted by atomic mass is 10.1. The molecular weight excluding hydrogens is 342 g/mol. The zero-order valence-electron chi connectivity index (χ0n) is 14.9. The first-order chi connectivity index (χ1) is 12.1. The maximum Gasteiger partial charge on any atom is 0.265 e. The van der Waals surface area contributed by atoms with Crippen LogP contribution in [0.1, 0.15) is 40.8 Å². The van der Waals surface area contributed by atoms with Crippen LogP contribution in [0.2, 0.25) is 0 Å². The van der Waals surface area contributed by atoms with Gasteiger partial charge in [0.2, 0.25) is 0 Å². The third-order valence-corrected chi connectivity index (χ3v) is 4.44. The molecule has 0 aliphatic rings. The van der Waals surface area contributed by atoms with Crippen molar-refractivity contribution in [1.82, 2.24) is 14.9 Å². The second-order valence-corrected chi connectivity index (χ2v) is 6.10. The molecule has 0 aliphatic heterocycles. The van der Waals surface area contributed by atoms with E-state index in [4.69, 9.17) is 14.2 Å². The fourth-order valence-corrected chi connectivity index (χ4v) is 2.92. The van der Waals surface area contributed by atoms with Crippen molar-refractivity contribution in [2.45, 2.75) is 26.3 Å². The van der Waals surface area contributed by atoms with Gasteiger partial charge in [-0.05, 0) is 42.6 Å². The molecule has 1 atom stereocenters. The average Bonchev–Trinajstić information content (AvgIpc) is 3.10. The van der Waals surface area contributed by atoms with E-state index >= 15 is 0 Å². The number of aryl methyl sites for hydroxylation is 1. The van der Waals surface area contributed by atoms with Gasteiger partial charge in [-0.15, -0.1) is 5.10 Å². The first-order valence-corrected chi connectivity index (χ1v) is 8.79. The monoisotopic (exact) mass is 365 g/mol. The number of aromatic nitrogens is 2. The molecule has 0 saturated carbocycles. The summed E-state index contributed by atoms with van der Waals surface area (Å²) in [5.41, 5.74) is 1.63. The molecule has 1 aromatic heterocycles. The zero-order valence-corrected chi connectivity index (χ0v) is 15.7. The second kappa shape index (κ2) is 9.33. The van der Waals surface area contributed by atoms with Crippen molar-refractivity contribution in [1.29, 1.82) is 0 Å². The molecule has 0 radical (unpaired) electrons. The maximum atomic E-state index is 12.4. The van der Waals surface area contributed by atoms with Gasteiger partial charge in [-0.3, -0.25) is 4.79 Å². The van der Waals surface area contributed by atoms with Crippen molar-refractivity contribution in [3.63, 3.8) is 0 Å². The van der Waals surface area contributed by atoms with Crippen molar-refractivity contribution < 1.29 is 19.0 Å². The van der Waals surface area contributed by atoms with E-state index in [9.17, 15) is 4.79 Å². The van der Waals surface area contributed by atoms with Gasteiger partial charge in [0, 0.05) is 7.11 Å². The third kappa shape index (κ3) is 4.90. The molecule has 0 aliphatic carbocycles. The van der Waals surface area contributed by atoms with Crippen molar-refractivity contribution in [2.75, 3.05) is 27.4 Å². The van der Waals surface area contributed by atoms with Crippen LogP contribution in [0, 0.1) is 0 Å². The molecule has 1 aromatic carbocycles. The Kier molecular flexibility index (Phi) is 7.15. The fourth-order valence-electron chi connectivity index (χ4n) is 2.27. The Bertz CT molecular complexity index is 705. The molecule has 25 heavy (non-hydrogen) atoms. The topological polar surface area (TPSA) is 82.6 Å². The number of amides is 1. The minimum atomic E-state index is -0.193. The third-order valence-electron chi connectivity index (χ3n) is 3.68. The highest BCUT2D eigenvalue weighted by Crippen LogP contribution is 2.30. The van der Waals surface area contributed by atoms with Gasteiger partial charge >= 0.3 is 0 Å². The quantitative estimate of drug-likeness (QED) is 0.688. The second-order valence-electron chi connectivity index (χ2n) is 5.35. The first kappa shape index (κ1) is 19.1. The molecule has 8 heteroatoms. The van der Waals surface area contributed by atoms with Crippen molar-refractivity contribution in [3.05, 3.63) is 34.3 Å². The Balaban J connectivity index is 2.08. The van der Waals surface area contributed by atoms with Crippen LogP contribution in [0.5, 0.6) is 11.5 Å². The summed E-state index contributed by atoms with van der Waals surface area (Å²) in [6.07, 6.45) is 0.676. The summed E-state index contributed by atoms with van der Waals surface area (Å²) in [5, 5.41) is 6.94. The lowest BCUT2D eigenvalue weighted by molar-refractivity contribution is 0.0943. The van der Waals surface area contributed by atoms with Crippen LogP contribution in [-0.2, 0) is 11.2 Å². The van der Waals surface area contributed by atoms with Gasteiger partial charge in [0.25, 0.3) is 5.91 Å². The van der Waals surface area contributed by atoms with Crippen LogP contribution in [0.25, 0.3) is 0 Å². The maximum absolute atomic E-state index is 12.4. The van der Waals surface area contributed by atoms with Gasteiger partial charge in [0.1, 0.15) is 11.5 Å². The van der Waals surface area contributed by atoms with Crippen molar-refractivity contribution >= 4 is 17.4 Å². The predicted molar refractivity (Wildman–Crippen MR) is 95.5 cm³/mol. The summed E-state index contributed by atoms with van der Waals surface area (Å²) in [6.45, 7) is 4.80. The number of ether oxygens (including phenoxy) is 3. The average molecular weight is 365 g/mol. The normalized spacial score (nSPS) is 11.8. The number of benzene rings is 1. The van der Waals surface area contributed by atoms with Gasteiger partial charge in [-0.25, -0.2) is 0 Å². The van der Waals surface area contributed by atoms with Gasteiger partial charge in [-0.2, -0.15) is 0 Å². The first-order valence-electron chi connectivity index (χ1n) is 8.02. The van der Waals surface area contributed by atoms with Crippen LogP contribution in [0.4, 0.5) is 0 Å². The molecule has 1 unspecified atom stereocenters. The summed E-state index contributed by atoms with van der Waals surface area (Å²) < 4.78 is 19.8. The molecule has 0 saturated heterocycles. The predicted octanol–water partition coefficient (Wildman–Crippen LogP) is 2.63. The van der Waals surface area contributed by atoms with Crippen LogP contribution in [-0.4, -0.2) is 42.9 Å². The van der Waals surface area contributed by atoms with Gasteiger partial charge in [0.05, 0.1) is 25.5 Å². The Morgan fingerprint density at radius 1 is 1.28 bits per heavy atom. The molecule has 2 aromatic rings. The van der Waals surface area contributed by atoms with E-state index in [0.717, 1.165) is 17.1 Å². The van der Waals surface area contributed by atoms with Gasteiger partial charge in [0.15, 0.2) is 11.5 Å². The molecule has 1 amide bonds. The molecule has 2 rings (SSSR count). The lowest BCUT2D eigenvalue weighted by Crippen LogP contribution is -2.26. The van der Waals surface area contributed by atoms with Crippen LogP contribution in [0.3, 0.4) is 0 Å². The van der Waals surface area contributed by atoms with Gasteiger partial charge < -0.3 is 19.5 Å². The van der Waals surface area contributed by atoms with Crippen molar-refractivity contribution in [3.8, 4) is 11.5 Å². The number of hydrogen-bond acceptors (Lipinski definition) is 7. The fraction of sp³-hybridized carbons (Fsp3) is 0.471. The number of nitrogens with zero attached hydrogens (tertiary/aromatic N) is 2. The van der Waals surface area contributed by atoms with E-state index in [-0.39, 0.29) is 11.9 Å². The molecule has 0 spiro atoms. The Hall–Kier alpha value is -2.19. The van der Waals surface area contributed by atoms with Gasteiger partial charge in [-0.1, -0.05) is 17.5 Å².